The van der Waals surface area contributed by atoms with Gasteiger partial charge in [-0.25, -0.2) is 0 Å². The Morgan fingerprint density at radius 3 is 2.58 bits per heavy atom. The number of para-hydroxylation sites is 1. The quantitative estimate of drug-likeness (QED) is 0.659. The van der Waals surface area contributed by atoms with Crippen LogP contribution in [0.4, 0.5) is 11.4 Å². The van der Waals surface area contributed by atoms with Crippen molar-refractivity contribution in [2.45, 2.75) is 30.4 Å². The number of nitrogens with one attached hydrogen (secondary N) is 1. The van der Waals surface area contributed by atoms with Gasteiger partial charge in [-0.15, -0.1) is 0 Å². The molecule has 0 saturated heterocycles. The fourth-order valence-corrected chi connectivity index (χ4v) is 4.13. The maximum atomic E-state index is 13.0. The van der Waals surface area contributed by atoms with Crippen LogP contribution < -0.4 is 10.2 Å². The van der Waals surface area contributed by atoms with Gasteiger partial charge >= 0.3 is 0 Å². The van der Waals surface area contributed by atoms with Crippen LogP contribution in [-0.4, -0.2) is 28.9 Å². The first-order valence-corrected chi connectivity index (χ1v) is 9.21. The van der Waals surface area contributed by atoms with Gasteiger partial charge in [0.15, 0.2) is 10.5 Å². The summed E-state index contributed by atoms with van der Waals surface area (Å²) >= 11 is 1.25. The number of rotatable bonds is 4. The van der Waals surface area contributed by atoms with Gasteiger partial charge in [0.2, 0.25) is 5.91 Å². The molecule has 0 bridgehead atoms. The van der Waals surface area contributed by atoms with E-state index in [0.717, 1.165) is 10.6 Å². The molecule has 1 N–H and O–H groups in total. The lowest BCUT2D eigenvalue weighted by Gasteiger charge is -2.38. The molecule has 2 aromatic rings. The molecule has 0 spiro atoms. The highest BCUT2D eigenvalue weighted by Crippen LogP contribution is 2.45. The van der Waals surface area contributed by atoms with E-state index >= 15 is 0 Å². The molecule has 0 aromatic heterocycles. The van der Waals surface area contributed by atoms with Crippen molar-refractivity contribution in [2.24, 2.45) is 0 Å². The first-order chi connectivity index (χ1) is 12.4. The van der Waals surface area contributed by atoms with E-state index in [4.69, 9.17) is 0 Å². The standard InChI is InChI=1S/C20H20N2O3S/c1-4-22-16-10-5-6-11-17(16)26-20(3,19(22)25)18(24)21-15-9-7-8-14(12-15)13(2)23/h5-12H,4H2,1-3H3,(H,21,24). The predicted molar refractivity (Wildman–Crippen MR) is 104 cm³/mol. The summed E-state index contributed by atoms with van der Waals surface area (Å²) < 4.78 is -1.28. The number of carbonyl (C=O) groups is 3. The number of carbonyl (C=O) groups excluding carboxylic acids is 3. The van der Waals surface area contributed by atoms with E-state index in [1.54, 1.807) is 36.1 Å². The van der Waals surface area contributed by atoms with E-state index in [9.17, 15) is 14.4 Å². The Balaban J connectivity index is 1.92. The second-order valence-electron chi connectivity index (χ2n) is 6.24. The van der Waals surface area contributed by atoms with Gasteiger partial charge in [0.1, 0.15) is 0 Å². The van der Waals surface area contributed by atoms with Crippen LogP contribution in [0.3, 0.4) is 0 Å². The SMILES string of the molecule is CCN1C(=O)C(C)(C(=O)Nc2cccc(C(C)=O)c2)Sc2ccccc21. The highest BCUT2D eigenvalue weighted by Gasteiger charge is 2.48. The lowest BCUT2D eigenvalue weighted by atomic mass is 10.1. The molecular formula is C20H20N2O3S. The molecular weight excluding hydrogens is 348 g/mol. The molecule has 26 heavy (non-hydrogen) atoms. The van der Waals surface area contributed by atoms with Crippen molar-refractivity contribution in [1.82, 2.24) is 0 Å². The molecule has 134 valence electrons. The maximum Gasteiger partial charge on any atom is 0.252 e. The number of nitrogens with zero attached hydrogens (tertiary/aromatic N) is 1. The van der Waals surface area contributed by atoms with Crippen LogP contribution in [0.25, 0.3) is 0 Å². The molecule has 1 unspecified atom stereocenters. The summed E-state index contributed by atoms with van der Waals surface area (Å²) in [4.78, 5) is 40.1. The van der Waals surface area contributed by atoms with Gasteiger partial charge in [-0.1, -0.05) is 36.0 Å². The minimum absolute atomic E-state index is 0.0819. The molecule has 2 amide bonds. The van der Waals surface area contributed by atoms with E-state index in [0.29, 0.717) is 17.8 Å². The normalized spacial score (nSPS) is 19.0. The van der Waals surface area contributed by atoms with Gasteiger partial charge < -0.3 is 10.2 Å². The number of ketones is 1. The monoisotopic (exact) mass is 368 g/mol. The lowest BCUT2D eigenvalue weighted by Crippen LogP contribution is -2.54. The van der Waals surface area contributed by atoms with E-state index in [1.807, 2.05) is 31.2 Å². The molecule has 1 heterocycles. The first-order valence-electron chi connectivity index (χ1n) is 8.39. The number of hydrogen-bond donors (Lipinski definition) is 1. The molecule has 0 saturated carbocycles. The molecule has 6 heteroatoms. The van der Waals surface area contributed by atoms with Crippen LogP contribution in [-0.2, 0) is 9.59 Å². The Morgan fingerprint density at radius 1 is 1.15 bits per heavy atom. The summed E-state index contributed by atoms with van der Waals surface area (Å²) in [7, 11) is 0. The van der Waals surface area contributed by atoms with Crippen molar-refractivity contribution in [2.75, 3.05) is 16.8 Å². The molecule has 2 aromatic carbocycles. The molecule has 0 radical (unpaired) electrons. The first kappa shape index (κ1) is 18.2. The van der Waals surface area contributed by atoms with Crippen LogP contribution >= 0.6 is 11.8 Å². The number of hydrogen-bond acceptors (Lipinski definition) is 4. The van der Waals surface area contributed by atoms with Crippen molar-refractivity contribution in [1.29, 1.82) is 0 Å². The fourth-order valence-electron chi connectivity index (χ4n) is 2.92. The number of benzene rings is 2. The van der Waals surface area contributed by atoms with Gasteiger partial charge in [0.25, 0.3) is 5.91 Å². The minimum Gasteiger partial charge on any atom is -0.324 e. The van der Waals surface area contributed by atoms with Crippen molar-refractivity contribution in [3.63, 3.8) is 0 Å². The van der Waals surface area contributed by atoms with E-state index in [2.05, 4.69) is 5.32 Å². The zero-order valence-electron chi connectivity index (χ0n) is 14.9. The van der Waals surface area contributed by atoms with E-state index < -0.39 is 10.7 Å². The molecule has 0 aliphatic carbocycles. The predicted octanol–water partition coefficient (Wildman–Crippen LogP) is 3.75. The summed E-state index contributed by atoms with van der Waals surface area (Å²) in [6.07, 6.45) is 0. The number of thioether (sulfide) groups is 1. The third-order valence-electron chi connectivity index (χ3n) is 4.40. The summed E-state index contributed by atoms with van der Waals surface area (Å²) in [6, 6.07) is 14.3. The molecule has 0 fully saturated rings. The van der Waals surface area contributed by atoms with Crippen LogP contribution in [0.15, 0.2) is 53.4 Å². The molecule has 5 nitrogen and oxygen atoms in total. The van der Waals surface area contributed by atoms with Gasteiger partial charge in [-0.05, 0) is 45.0 Å². The third kappa shape index (κ3) is 3.12. The minimum atomic E-state index is -1.28. The molecule has 1 aliphatic heterocycles. The average molecular weight is 368 g/mol. The Hall–Kier alpha value is -2.60. The summed E-state index contributed by atoms with van der Waals surface area (Å²) in [5.74, 6) is -0.730. The zero-order valence-corrected chi connectivity index (χ0v) is 15.7. The number of amides is 2. The highest BCUT2D eigenvalue weighted by molar-refractivity contribution is 8.02. The van der Waals surface area contributed by atoms with Crippen molar-refractivity contribution in [3.8, 4) is 0 Å². The van der Waals surface area contributed by atoms with E-state index in [-0.39, 0.29) is 11.7 Å². The Labute approximate surface area is 156 Å². The van der Waals surface area contributed by atoms with Crippen molar-refractivity contribution < 1.29 is 14.4 Å². The summed E-state index contributed by atoms with van der Waals surface area (Å²) in [5.41, 5.74) is 1.84. The average Bonchev–Trinajstić information content (AvgIpc) is 2.63. The van der Waals surface area contributed by atoms with Gasteiger partial charge in [-0.2, -0.15) is 0 Å². The third-order valence-corrected chi connectivity index (χ3v) is 5.73. The fraction of sp³-hybridized carbons (Fsp3) is 0.250. The summed E-state index contributed by atoms with van der Waals surface area (Å²) in [5, 5.41) is 2.79. The number of Topliss-reactive ketones (excluding diaryl/α,β-unsaturated/α-hetero) is 1. The van der Waals surface area contributed by atoms with Crippen LogP contribution in [0.5, 0.6) is 0 Å². The number of anilines is 2. The lowest BCUT2D eigenvalue weighted by molar-refractivity contribution is -0.128. The summed E-state index contributed by atoms with van der Waals surface area (Å²) in [6.45, 7) is 5.49. The molecule has 1 atom stereocenters. The van der Waals surface area contributed by atoms with Gasteiger partial charge in [-0.3, -0.25) is 14.4 Å². The Bertz CT molecular complexity index is 896. The Kier molecular flexibility index (Phi) is 4.87. The van der Waals surface area contributed by atoms with Crippen LogP contribution in [0, 0.1) is 0 Å². The molecule has 1 aliphatic rings. The second-order valence-corrected chi connectivity index (χ2v) is 7.70. The smallest absolute Gasteiger partial charge is 0.252 e. The van der Waals surface area contributed by atoms with Crippen LogP contribution in [0.2, 0.25) is 0 Å². The maximum absolute atomic E-state index is 13.0. The van der Waals surface area contributed by atoms with Crippen molar-refractivity contribution >= 4 is 40.7 Å². The van der Waals surface area contributed by atoms with E-state index in [1.165, 1.54) is 18.7 Å². The Morgan fingerprint density at radius 2 is 1.88 bits per heavy atom. The largest absolute Gasteiger partial charge is 0.324 e. The zero-order chi connectivity index (χ0) is 18.9. The van der Waals surface area contributed by atoms with Gasteiger partial charge in [0, 0.05) is 22.7 Å². The highest BCUT2D eigenvalue weighted by atomic mass is 32.2. The number of fused-ring (bicyclic) bond motifs is 1. The van der Waals surface area contributed by atoms with Gasteiger partial charge in [0.05, 0.1) is 5.69 Å². The van der Waals surface area contributed by atoms with Crippen LogP contribution in [0.1, 0.15) is 31.1 Å². The second kappa shape index (κ2) is 6.96. The van der Waals surface area contributed by atoms with Crippen molar-refractivity contribution in [3.05, 3.63) is 54.1 Å². The topological polar surface area (TPSA) is 66.5 Å². The molecule has 3 rings (SSSR count).